The van der Waals surface area contributed by atoms with Gasteiger partial charge in [0, 0.05) is 0 Å². The van der Waals surface area contributed by atoms with E-state index in [1.54, 1.807) is 0 Å². The van der Waals surface area contributed by atoms with Crippen molar-refractivity contribution in [3.8, 4) is 100 Å². The van der Waals surface area contributed by atoms with Gasteiger partial charge in [0.05, 0.1) is 0 Å². The summed E-state index contributed by atoms with van der Waals surface area (Å²) in [5.74, 6) is 0. The maximum absolute atomic E-state index is 2.32. The van der Waals surface area contributed by atoms with Crippen LogP contribution >= 0.6 is 0 Å². The second-order valence-electron chi connectivity index (χ2n) is 31.5. The molecule has 0 aliphatic carbocycles. The quantitative estimate of drug-likeness (QED) is 0.135. The molecule has 0 amide bonds. The number of hydrogen-bond acceptors (Lipinski definition) is 0. The molecule has 0 saturated carbocycles. The summed E-state index contributed by atoms with van der Waals surface area (Å²) < 4.78 is 0. The van der Waals surface area contributed by atoms with Crippen LogP contribution in [0.4, 0.5) is 0 Å². The zero-order valence-electron chi connectivity index (χ0n) is 66.0. The summed E-state index contributed by atoms with van der Waals surface area (Å²) >= 11 is 0. The van der Waals surface area contributed by atoms with Gasteiger partial charge in [0.15, 0.2) is 0 Å². The first kappa shape index (κ1) is 71.0. The van der Waals surface area contributed by atoms with Gasteiger partial charge in [-0.3, -0.25) is 0 Å². The summed E-state index contributed by atoms with van der Waals surface area (Å²) in [5, 5.41) is 30.6. The van der Waals surface area contributed by atoms with E-state index in [0.29, 0.717) is 0 Å². The third-order valence-corrected chi connectivity index (χ3v) is 24.8. The van der Waals surface area contributed by atoms with Gasteiger partial charge in [-0.05, 0) is 248 Å². The van der Waals surface area contributed by atoms with Gasteiger partial charge in [-0.15, -0.1) is 0 Å². The Labute approximate surface area is 697 Å². The molecule has 0 atom stereocenters. The van der Waals surface area contributed by atoms with E-state index in [1.807, 2.05) is 0 Å². The van der Waals surface area contributed by atoms with Crippen LogP contribution in [-0.4, -0.2) is 0 Å². The number of hydrogen-bond donors (Lipinski definition) is 0. The fourth-order valence-electron chi connectivity index (χ4n) is 19.1. The molecule has 24 aromatic rings. The zero-order chi connectivity index (χ0) is 79.4. The molecule has 0 N–H and O–H groups in total. The van der Waals surface area contributed by atoms with Gasteiger partial charge >= 0.3 is 0 Å². The second kappa shape index (κ2) is 30.5. The minimum absolute atomic E-state index is 1.25. The van der Waals surface area contributed by atoms with Gasteiger partial charge in [-0.2, -0.15) is 0 Å². The highest BCUT2D eigenvalue weighted by Crippen LogP contribution is 2.47. The Hall–Kier alpha value is -15.6. The predicted octanol–water partition coefficient (Wildman–Crippen LogP) is 33.9. The summed E-state index contributed by atoms with van der Waals surface area (Å²) in [6.45, 7) is 0. The molecule has 0 fully saturated rings. The van der Waals surface area contributed by atoms with Gasteiger partial charge in [0.25, 0.3) is 0 Å². The molecule has 0 aliphatic heterocycles. The lowest BCUT2D eigenvalue weighted by atomic mass is 9.87. The summed E-state index contributed by atoms with van der Waals surface area (Å²) in [4.78, 5) is 0. The van der Waals surface area contributed by atoms with Crippen molar-refractivity contribution in [1.82, 2.24) is 0 Å². The molecular formula is C120H78. The minimum atomic E-state index is 1.25. The Morgan fingerprint density at radius 3 is 0.467 bits per heavy atom. The lowest BCUT2D eigenvalue weighted by molar-refractivity contribution is 1.65. The fourth-order valence-corrected chi connectivity index (χ4v) is 19.1. The van der Waals surface area contributed by atoms with Crippen molar-refractivity contribution >= 4 is 129 Å². The molecule has 24 rings (SSSR count). The van der Waals surface area contributed by atoms with Crippen molar-refractivity contribution in [2.75, 3.05) is 0 Å². The molecule has 0 radical (unpaired) electrons. The smallest absolute Gasteiger partial charge is 0.00987 e. The van der Waals surface area contributed by atoms with Crippen LogP contribution in [0.15, 0.2) is 473 Å². The standard InChI is InChI=1S/3C40H26/c1-3-15-29-27(11-1)13-7-19-31(29)35-21-9-23-37-36(35)22-10-24-38(37)40-26-25-39(33-17-5-6-18-34(33)40)32-20-8-14-28-12-2-4-16-30(28)32;1-3-11-29-25-31(21-19-27(29)9-1)33-15-7-17-38-36(33)16-8-18-39(38)40-24-23-34(35-13-5-6-14-37(35)40)32-22-20-28-10-2-4-12-30(28)26-32;1-2-12-29-26-30(23-22-27(29)10-1)32-24-25-40(35-16-6-5-15-33(32)35)39-21-9-19-37-36(18-8-20-38(37)39)34-17-7-13-28-11-3-4-14-31(28)34/h3*1-26H. The largest absolute Gasteiger partial charge is 0.0616 e. The van der Waals surface area contributed by atoms with Crippen molar-refractivity contribution in [3.63, 3.8) is 0 Å². The Bertz CT molecular complexity index is 7920. The van der Waals surface area contributed by atoms with Crippen LogP contribution in [0.3, 0.4) is 0 Å². The maximum atomic E-state index is 2.32. The van der Waals surface area contributed by atoms with Crippen LogP contribution < -0.4 is 0 Å². The first-order chi connectivity index (χ1) is 59.5. The van der Waals surface area contributed by atoms with Crippen LogP contribution in [0.1, 0.15) is 0 Å². The normalized spacial score (nSPS) is 11.5. The first-order valence-corrected chi connectivity index (χ1v) is 41.6. The van der Waals surface area contributed by atoms with Crippen LogP contribution in [0.2, 0.25) is 0 Å². The van der Waals surface area contributed by atoms with E-state index < -0.39 is 0 Å². The van der Waals surface area contributed by atoms with E-state index in [4.69, 9.17) is 0 Å². The average Bonchev–Trinajstić information content (AvgIpc) is 0.753. The van der Waals surface area contributed by atoms with Crippen LogP contribution in [0, 0.1) is 0 Å². The Kier molecular flexibility index (Phi) is 18.1. The van der Waals surface area contributed by atoms with Crippen molar-refractivity contribution in [3.05, 3.63) is 473 Å². The molecule has 120 heavy (non-hydrogen) atoms. The molecule has 0 heteroatoms. The topological polar surface area (TPSA) is 0 Å². The van der Waals surface area contributed by atoms with E-state index in [0.717, 1.165) is 0 Å². The number of benzene rings is 24. The monoisotopic (exact) mass is 1520 g/mol. The number of rotatable bonds is 9. The summed E-state index contributed by atoms with van der Waals surface area (Å²) in [7, 11) is 0. The third-order valence-electron chi connectivity index (χ3n) is 24.8. The van der Waals surface area contributed by atoms with E-state index in [9.17, 15) is 0 Å². The van der Waals surface area contributed by atoms with E-state index in [1.165, 1.54) is 229 Å². The van der Waals surface area contributed by atoms with E-state index in [-0.39, 0.29) is 0 Å². The van der Waals surface area contributed by atoms with Gasteiger partial charge in [0.2, 0.25) is 0 Å². The third kappa shape index (κ3) is 12.7. The highest BCUT2D eigenvalue weighted by atomic mass is 14.2. The molecule has 0 spiro atoms. The Morgan fingerprint density at radius 2 is 0.217 bits per heavy atom. The highest BCUT2D eigenvalue weighted by molar-refractivity contribution is 6.18. The van der Waals surface area contributed by atoms with Crippen LogP contribution in [0.25, 0.3) is 229 Å². The lowest BCUT2D eigenvalue weighted by Crippen LogP contribution is -1.89. The van der Waals surface area contributed by atoms with E-state index in [2.05, 4.69) is 473 Å². The molecule has 24 aromatic carbocycles. The molecule has 0 aromatic heterocycles. The van der Waals surface area contributed by atoms with Crippen LogP contribution in [0.5, 0.6) is 0 Å². The second-order valence-corrected chi connectivity index (χ2v) is 31.5. The molecule has 0 nitrogen and oxygen atoms in total. The highest BCUT2D eigenvalue weighted by Gasteiger charge is 2.20. The summed E-state index contributed by atoms with van der Waals surface area (Å²) in [6, 6.07) is 173. The van der Waals surface area contributed by atoms with Crippen molar-refractivity contribution in [2.45, 2.75) is 0 Å². The predicted molar refractivity (Wildman–Crippen MR) is 518 cm³/mol. The van der Waals surface area contributed by atoms with Crippen molar-refractivity contribution in [2.24, 2.45) is 0 Å². The molecule has 0 heterocycles. The molecule has 0 aliphatic rings. The van der Waals surface area contributed by atoms with Gasteiger partial charge in [0.1, 0.15) is 0 Å². The van der Waals surface area contributed by atoms with Gasteiger partial charge < -0.3 is 0 Å². The maximum Gasteiger partial charge on any atom is -0.00987 e. The number of fused-ring (bicyclic) bond motifs is 12. The van der Waals surface area contributed by atoms with E-state index >= 15 is 0 Å². The molecule has 558 valence electrons. The molecule has 0 unspecified atom stereocenters. The van der Waals surface area contributed by atoms with Crippen molar-refractivity contribution in [1.29, 1.82) is 0 Å². The minimum Gasteiger partial charge on any atom is -0.0616 e. The summed E-state index contributed by atoms with van der Waals surface area (Å²) in [5.41, 5.74) is 22.8. The first-order valence-electron chi connectivity index (χ1n) is 41.6. The molecular weight excluding hydrogens is 1440 g/mol. The Morgan fingerprint density at radius 1 is 0.0750 bits per heavy atom. The molecule has 0 bridgehead atoms. The summed E-state index contributed by atoms with van der Waals surface area (Å²) in [6.07, 6.45) is 0. The van der Waals surface area contributed by atoms with Crippen LogP contribution in [-0.2, 0) is 0 Å². The zero-order valence-corrected chi connectivity index (χ0v) is 66.0. The fraction of sp³-hybridized carbons (Fsp3) is 0. The molecule has 0 saturated heterocycles. The van der Waals surface area contributed by atoms with Gasteiger partial charge in [-0.1, -0.05) is 455 Å². The SMILES string of the molecule is c1ccc2c(-c3cccc4c(-c5ccc(-c6cccc7ccccc67)c6ccccc56)cccc34)cccc2c1.c1ccc2cc(-c3ccc(-c4cccc5c(-c6cccc7ccccc67)cccc45)c4ccccc34)ccc2c1.c1ccc2cc(-c3cccc4c(-c5ccc(-c6ccc7ccccc7c6)c6ccccc56)cccc34)ccc2c1. The average molecular weight is 1520 g/mol. The Balaban J connectivity index is 0.000000108. The van der Waals surface area contributed by atoms with Gasteiger partial charge in [-0.25, -0.2) is 0 Å². The van der Waals surface area contributed by atoms with Crippen molar-refractivity contribution < 1.29 is 0 Å². The lowest BCUT2D eigenvalue weighted by Gasteiger charge is -2.16.